The van der Waals surface area contributed by atoms with Gasteiger partial charge in [-0.25, -0.2) is 0 Å². The highest BCUT2D eigenvalue weighted by Crippen LogP contribution is 2.14. The molecule has 0 radical (unpaired) electrons. The molecule has 0 aliphatic carbocycles. The van der Waals surface area contributed by atoms with Crippen molar-refractivity contribution < 1.29 is 10.2 Å². The van der Waals surface area contributed by atoms with Crippen molar-refractivity contribution in [3.05, 3.63) is 29.3 Å². The average Bonchev–Trinajstić information content (AvgIpc) is 2.12. The number of aliphatic hydroxyl groups is 2. The minimum absolute atomic E-state index is 0.0660. The van der Waals surface area contributed by atoms with Crippen LogP contribution in [0.15, 0.2) is 18.2 Å². The Morgan fingerprint density at radius 2 is 1.57 bits per heavy atom. The fourth-order valence-corrected chi connectivity index (χ4v) is 1.44. The number of hydrogen-bond donors (Lipinski definition) is 3. The highest BCUT2D eigenvalue weighted by molar-refractivity contribution is 5.49. The van der Waals surface area contributed by atoms with Gasteiger partial charge in [-0.2, -0.15) is 0 Å². The van der Waals surface area contributed by atoms with E-state index >= 15 is 0 Å². The molecule has 0 aliphatic rings. The number of nitrogens with one attached hydrogen (secondary N) is 1. The molecule has 0 amide bonds. The third-order valence-corrected chi connectivity index (χ3v) is 2.03. The Labute approximate surface area is 84.4 Å². The summed E-state index contributed by atoms with van der Waals surface area (Å²) >= 11 is 0. The lowest BCUT2D eigenvalue weighted by atomic mass is 10.1. The quantitative estimate of drug-likeness (QED) is 0.673. The Morgan fingerprint density at radius 1 is 1.07 bits per heavy atom. The van der Waals surface area contributed by atoms with Gasteiger partial charge in [0.05, 0.1) is 19.3 Å². The van der Waals surface area contributed by atoms with Crippen LogP contribution in [0.1, 0.15) is 11.1 Å². The van der Waals surface area contributed by atoms with Crippen molar-refractivity contribution in [2.75, 3.05) is 18.5 Å². The molecule has 1 rings (SSSR count). The fourth-order valence-electron chi connectivity index (χ4n) is 1.44. The van der Waals surface area contributed by atoms with E-state index in [4.69, 9.17) is 10.2 Å². The van der Waals surface area contributed by atoms with Gasteiger partial charge in [0.2, 0.25) is 0 Å². The predicted octanol–water partition coefficient (Wildman–Crippen LogP) is 1.07. The maximum absolute atomic E-state index is 8.90. The van der Waals surface area contributed by atoms with E-state index in [1.54, 1.807) is 0 Å². The average molecular weight is 195 g/mol. The van der Waals surface area contributed by atoms with Crippen molar-refractivity contribution >= 4 is 5.69 Å². The fraction of sp³-hybridized carbons (Fsp3) is 0.455. The van der Waals surface area contributed by atoms with Gasteiger partial charge >= 0.3 is 0 Å². The summed E-state index contributed by atoms with van der Waals surface area (Å²) in [5, 5.41) is 20.9. The van der Waals surface area contributed by atoms with Gasteiger partial charge < -0.3 is 15.5 Å². The summed E-state index contributed by atoms with van der Waals surface area (Å²) in [6, 6.07) is 5.78. The van der Waals surface area contributed by atoms with Gasteiger partial charge in [0.25, 0.3) is 0 Å². The summed E-state index contributed by atoms with van der Waals surface area (Å²) in [5.41, 5.74) is 3.28. The number of anilines is 1. The van der Waals surface area contributed by atoms with E-state index in [9.17, 15) is 0 Å². The standard InChI is InChI=1S/C11H17NO2/c1-8-3-9(2)5-10(4-8)12-11(6-13)7-14/h3-5,11-14H,6-7H2,1-2H3. The first kappa shape index (κ1) is 11.0. The van der Waals surface area contributed by atoms with Crippen molar-refractivity contribution in [1.29, 1.82) is 0 Å². The number of rotatable bonds is 4. The molecule has 3 heteroatoms. The van der Waals surface area contributed by atoms with Crippen molar-refractivity contribution in [1.82, 2.24) is 0 Å². The number of aliphatic hydroxyl groups excluding tert-OH is 2. The first-order chi connectivity index (χ1) is 6.65. The Hall–Kier alpha value is -1.06. The van der Waals surface area contributed by atoms with Gasteiger partial charge in [-0.3, -0.25) is 0 Å². The third-order valence-electron chi connectivity index (χ3n) is 2.03. The lowest BCUT2D eigenvalue weighted by Gasteiger charge is -2.15. The summed E-state index contributed by atoms with van der Waals surface area (Å²) < 4.78 is 0. The van der Waals surface area contributed by atoms with Crippen LogP contribution in [-0.2, 0) is 0 Å². The molecule has 1 aromatic rings. The molecule has 0 heterocycles. The second-order valence-electron chi connectivity index (χ2n) is 3.58. The van der Waals surface area contributed by atoms with Crippen LogP contribution in [0.3, 0.4) is 0 Å². The molecule has 14 heavy (non-hydrogen) atoms. The van der Waals surface area contributed by atoms with Crippen LogP contribution in [0, 0.1) is 13.8 Å². The molecule has 1 aromatic carbocycles. The largest absolute Gasteiger partial charge is 0.394 e. The molecule has 3 N–H and O–H groups in total. The van der Waals surface area contributed by atoms with Gasteiger partial charge in [0, 0.05) is 5.69 Å². The highest BCUT2D eigenvalue weighted by atomic mass is 16.3. The summed E-state index contributed by atoms with van der Waals surface area (Å²) in [7, 11) is 0. The Balaban J connectivity index is 2.75. The van der Waals surface area contributed by atoms with Crippen LogP contribution < -0.4 is 5.32 Å². The van der Waals surface area contributed by atoms with Gasteiger partial charge in [-0.15, -0.1) is 0 Å². The zero-order valence-corrected chi connectivity index (χ0v) is 8.62. The molecule has 0 spiro atoms. The van der Waals surface area contributed by atoms with Crippen molar-refractivity contribution in [3.63, 3.8) is 0 Å². The molecular weight excluding hydrogens is 178 g/mol. The first-order valence-corrected chi connectivity index (χ1v) is 4.72. The van der Waals surface area contributed by atoms with E-state index in [-0.39, 0.29) is 19.3 Å². The first-order valence-electron chi connectivity index (χ1n) is 4.72. The highest BCUT2D eigenvalue weighted by Gasteiger charge is 2.05. The maximum atomic E-state index is 8.90. The molecule has 0 aliphatic heterocycles. The summed E-state index contributed by atoms with van der Waals surface area (Å²) in [5.74, 6) is 0. The third kappa shape index (κ3) is 3.01. The van der Waals surface area contributed by atoms with Crippen LogP contribution in [0.25, 0.3) is 0 Å². The van der Waals surface area contributed by atoms with E-state index in [2.05, 4.69) is 11.4 Å². The van der Waals surface area contributed by atoms with Gasteiger partial charge in [-0.1, -0.05) is 6.07 Å². The van der Waals surface area contributed by atoms with Crippen LogP contribution in [-0.4, -0.2) is 29.5 Å². The monoisotopic (exact) mass is 195 g/mol. The van der Waals surface area contributed by atoms with E-state index < -0.39 is 0 Å². The van der Waals surface area contributed by atoms with E-state index in [1.807, 2.05) is 26.0 Å². The van der Waals surface area contributed by atoms with Gasteiger partial charge in [0.15, 0.2) is 0 Å². The normalized spacial score (nSPS) is 10.6. The molecular formula is C11H17NO2. The zero-order valence-electron chi connectivity index (χ0n) is 8.62. The van der Waals surface area contributed by atoms with Crippen LogP contribution in [0.5, 0.6) is 0 Å². The molecule has 78 valence electrons. The van der Waals surface area contributed by atoms with Gasteiger partial charge in [-0.05, 0) is 37.1 Å². The molecule has 0 unspecified atom stereocenters. The molecule has 0 fully saturated rings. The number of benzene rings is 1. The van der Waals surface area contributed by atoms with Crippen LogP contribution >= 0.6 is 0 Å². The molecule has 3 nitrogen and oxygen atoms in total. The van der Waals surface area contributed by atoms with Crippen LogP contribution in [0.4, 0.5) is 5.69 Å². The van der Waals surface area contributed by atoms with Crippen molar-refractivity contribution in [2.24, 2.45) is 0 Å². The maximum Gasteiger partial charge on any atom is 0.0723 e. The minimum Gasteiger partial charge on any atom is -0.394 e. The lowest BCUT2D eigenvalue weighted by Crippen LogP contribution is -2.27. The predicted molar refractivity (Wildman–Crippen MR) is 57.5 cm³/mol. The SMILES string of the molecule is Cc1cc(C)cc(NC(CO)CO)c1. The molecule has 0 bridgehead atoms. The van der Waals surface area contributed by atoms with Crippen molar-refractivity contribution in [2.45, 2.75) is 19.9 Å². The molecule has 0 atom stereocenters. The Kier molecular flexibility index (Phi) is 3.92. The minimum atomic E-state index is -0.281. The second kappa shape index (κ2) is 4.98. The topological polar surface area (TPSA) is 52.5 Å². The molecule has 0 aromatic heterocycles. The summed E-state index contributed by atoms with van der Waals surface area (Å²) in [6.07, 6.45) is 0. The van der Waals surface area contributed by atoms with Gasteiger partial charge in [0.1, 0.15) is 0 Å². The molecule has 0 saturated heterocycles. The summed E-state index contributed by atoms with van der Waals surface area (Å²) in [6.45, 7) is 3.91. The lowest BCUT2D eigenvalue weighted by molar-refractivity contribution is 0.204. The second-order valence-corrected chi connectivity index (χ2v) is 3.58. The van der Waals surface area contributed by atoms with Crippen LogP contribution in [0.2, 0.25) is 0 Å². The zero-order chi connectivity index (χ0) is 10.6. The van der Waals surface area contributed by atoms with Crippen molar-refractivity contribution in [3.8, 4) is 0 Å². The Morgan fingerprint density at radius 3 is 2.00 bits per heavy atom. The number of hydrogen-bond acceptors (Lipinski definition) is 3. The van der Waals surface area contributed by atoms with E-state index in [0.717, 1.165) is 5.69 Å². The Bertz CT molecular complexity index is 275. The smallest absolute Gasteiger partial charge is 0.0723 e. The number of aryl methyl sites for hydroxylation is 2. The molecule has 0 saturated carbocycles. The van der Waals surface area contributed by atoms with E-state index in [0.29, 0.717) is 0 Å². The van der Waals surface area contributed by atoms with E-state index in [1.165, 1.54) is 11.1 Å². The summed E-state index contributed by atoms with van der Waals surface area (Å²) in [4.78, 5) is 0.